The van der Waals surface area contributed by atoms with E-state index in [9.17, 15) is 0 Å². The SMILES string of the molecule is CC.CCC1CCOCC1C. The third-order valence-corrected chi connectivity index (χ3v) is 2.34. The Balaban J connectivity index is 0.000000461. The van der Waals surface area contributed by atoms with Crippen molar-refractivity contribution in [3.05, 3.63) is 0 Å². The fourth-order valence-corrected chi connectivity index (χ4v) is 1.53. The lowest BCUT2D eigenvalue weighted by atomic mass is 9.88. The van der Waals surface area contributed by atoms with E-state index in [1.54, 1.807) is 0 Å². The van der Waals surface area contributed by atoms with Crippen LogP contribution in [-0.2, 0) is 4.74 Å². The van der Waals surface area contributed by atoms with Crippen molar-refractivity contribution >= 4 is 0 Å². The Kier molecular flexibility index (Phi) is 6.63. The van der Waals surface area contributed by atoms with Gasteiger partial charge in [-0.3, -0.25) is 0 Å². The van der Waals surface area contributed by atoms with Gasteiger partial charge >= 0.3 is 0 Å². The highest BCUT2D eigenvalue weighted by molar-refractivity contribution is 4.68. The van der Waals surface area contributed by atoms with Crippen molar-refractivity contribution < 1.29 is 4.74 Å². The van der Waals surface area contributed by atoms with Gasteiger partial charge in [-0.15, -0.1) is 0 Å². The normalized spacial score (nSPS) is 30.5. The van der Waals surface area contributed by atoms with Crippen LogP contribution in [0.1, 0.15) is 40.5 Å². The smallest absolute Gasteiger partial charge is 0.0494 e. The first-order chi connectivity index (χ1) is 5.34. The zero-order chi connectivity index (χ0) is 8.69. The van der Waals surface area contributed by atoms with E-state index >= 15 is 0 Å². The highest BCUT2D eigenvalue weighted by Gasteiger charge is 2.19. The van der Waals surface area contributed by atoms with Crippen LogP contribution in [0.15, 0.2) is 0 Å². The maximum Gasteiger partial charge on any atom is 0.0494 e. The van der Waals surface area contributed by atoms with Gasteiger partial charge in [0.05, 0.1) is 0 Å². The summed E-state index contributed by atoms with van der Waals surface area (Å²) in [5, 5.41) is 0. The topological polar surface area (TPSA) is 9.23 Å². The van der Waals surface area contributed by atoms with Gasteiger partial charge in [0, 0.05) is 13.2 Å². The zero-order valence-electron chi connectivity index (χ0n) is 8.39. The summed E-state index contributed by atoms with van der Waals surface area (Å²) in [7, 11) is 0. The Morgan fingerprint density at radius 1 is 1.36 bits per heavy atom. The lowest BCUT2D eigenvalue weighted by molar-refractivity contribution is 0.0232. The molecule has 0 amide bonds. The van der Waals surface area contributed by atoms with Gasteiger partial charge in [0.2, 0.25) is 0 Å². The molecule has 0 N–H and O–H groups in total. The fourth-order valence-electron chi connectivity index (χ4n) is 1.53. The van der Waals surface area contributed by atoms with Gasteiger partial charge in [-0.1, -0.05) is 34.1 Å². The molecule has 1 nitrogen and oxygen atoms in total. The molecular weight excluding hydrogens is 136 g/mol. The molecule has 1 rings (SSSR count). The van der Waals surface area contributed by atoms with Crippen LogP contribution in [0.5, 0.6) is 0 Å². The van der Waals surface area contributed by atoms with Gasteiger partial charge in [0.1, 0.15) is 0 Å². The molecule has 1 heteroatoms. The van der Waals surface area contributed by atoms with Gasteiger partial charge in [0.15, 0.2) is 0 Å². The van der Waals surface area contributed by atoms with Crippen molar-refractivity contribution in [3.63, 3.8) is 0 Å². The second-order valence-electron chi connectivity index (χ2n) is 3.01. The number of hydrogen-bond donors (Lipinski definition) is 0. The molecule has 0 aromatic heterocycles. The molecule has 1 saturated heterocycles. The van der Waals surface area contributed by atoms with Crippen molar-refractivity contribution in [2.75, 3.05) is 13.2 Å². The molecule has 68 valence electrons. The summed E-state index contributed by atoms with van der Waals surface area (Å²) >= 11 is 0. The molecule has 0 aliphatic carbocycles. The van der Waals surface area contributed by atoms with Crippen LogP contribution in [0.4, 0.5) is 0 Å². The number of hydrogen-bond acceptors (Lipinski definition) is 1. The number of ether oxygens (including phenoxy) is 1. The van der Waals surface area contributed by atoms with Gasteiger partial charge in [-0.25, -0.2) is 0 Å². The van der Waals surface area contributed by atoms with Gasteiger partial charge in [0.25, 0.3) is 0 Å². The summed E-state index contributed by atoms with van der Waals surface area (Å²) in [5.74, 6) is 1.72. The Morgan fingerprint density at radius 2 is 2.00 bits per heavy atom. The van der Waals surface area contributed by atoms with Crippen molar-refractivity contribution in [2.45, 2.75) is 40.5 Å². The minimum atomic E-state index is 0.795. The molecule has 1 heterocycles. The molecule has 0 bridgehead atoms. The van der Waals surface area contributed by atoms with Crippen LogP contribution in [-0.4, -0.2) is 13.2 Å². The first kappa shape index (κ1) is 11.0. The van der Waals surface area contributed by atoms with Gasteiger partial charge in [-0.05, 0) is 18.3 Å². The third-order valence-electron chi connectivity index (χ3n) is 2.34. The van der Waals surface area contributed by atoms with Crippen molar-refractivity contribution in [1.29, 1.82) is 0 Å². The highest BCUT2D eigenvalue weighted by Crippen LogP contribution is 2.23. The summed E-state index contributed by atoms with van der Waals surface area (Å²) in [6, 6.07) is 0. The van der Waals surface area contributed by atoms with E-state index in [1.807, 2.05) is 13.8 Å². The van der Waals surface area contributed by atoms with E-state index in [0.717, 1.165) is 25.0 Å². The summed E-state index contributed by atoms with van der Waals surface area (Å²) < 4.78 is 5.31. The number of rotatable bonds is 1. The van der Waals surface area contributed by atoms with Crippen molar-refractivity contribution in [3.8, 4) is 0 Å². The molecule has 11 heavy (non-hydrogen) atoms. The second kappa shape index (κ2) is 6.66. The van der Waals surface area contributed by atoms with Crippen molar-refractivity contribution in [1.82, 2.24) is 0 Å². The molecule has 1 fully saturated rings. The van der Waals surface area contributed by atoms with Crippen LogP contribution in [0.2, 0.25) is 0 Å². The van der Waals surface area contributed by atoms with Gasteiger partial charge in [-0.2, -0.15) is 0 Å². The van der Waals surface area contributed by atoms with E-state index in [-0.39, 0.29) is 0 Å². The highest BCUT2D eigenvalue weighted by atomic mass is 16.5. The Labute approximate surface area is 71.1 Å². The molecule has 0 aromatic rings. The Morgan fingerprint density at radius 3 is 2.36 bits per heavy atom. The molecule has 2 unspecified atom stereocenters. The minimum Gasteiger partial charge on any atom is -0.381 e. The van der Waals surface area contributed by atoms with Crippen LogP contribution >= 0.6 is 0 Å². The Bertz CT molecular complexity index is 80.9. The molecule has 2 atom stereocenters. The summed E-state index contributed by atoms with van der Waals surface area (Å²) in [4.78, 5) is 0. The average Bonchev–Trinajstić information content (AvgIpc) is 2.09. The third kappa shape index (κ3) is 3.76. The maximum absolute atomic E-state index is 5.31. The summed E-state index contributed by atoms with van der Waals surface area (Å²) in [6.07, 6.45) is 2.60. The molecule has 0 radical (unpaired) electrons. The molecular formula is C10H22O. The van der Waals surface area contributed by atoms with E-state index in [0.29, 0.717) is 0 Å². The fraction of sp³-hybridized carbons (Fsp3) is 1.00. The molecule has 0 spiro atoms. The molecule has 0 aromatic carbocycles. The van der Waals surface area contributed by atoms with Crippen molar-refractivity contribution in [2.24, 2.45) is 11.8 Å². The van der Waals surface area contributed by atoms with Crippen LogP contribution in [0, 0.1) is 11.8 Å². The predicted molar refractivity (Wildman–Crippen MR) is 49.7 cm³/mol. The van der Waals surface area contributed by atoms with Crippen LogP contribution in [0.25, 0.3) is 0 Å². The molecule has 0 saturated carbocycles. The Hall–Kier alpha value is -0.0400. The average molecular weight is 158 g/mol. The van der Waals surface area contributed by atoms with Crippen LogP contribution < -0.4 is 0 Å². The standard InChI is InChI=1S/C8H16O.C2H6/c1-3-8-4-5-9-6-7(8)2;1-2/h7-8H,3-6H2,1-2H3;1-2H3. The first-order valence-electron chi connectivity index (χ1n) is 4.92. The predicted octanol–water partition coefficient (Wildman–Crippen LogP) is 3.10. The van der Waals surface area contributed by atoms with E-state index in [2.05, 4.69) is 13.8 Å². The molecule has 1 aliphatic rings. The molecule has 1 aliphatic heterocycles. The van der Waals surface area contributed by atoms with E-state index < -0.39 is 0 Å². The van der Waals surface area contributed by atoms with E-state index in [4.69, 9.17) is 4.74 Å². The quantitative estimate of drug-likeness (QED) is 0.570. The van der Waals surface area contributed by atoms with E-state index in [1.165, 1.54) is 12.8 Å². The largest absolute Gasteiger partial charge is 0.381 e. The minimum absolute atomic E-state index is 0.795. The first-order valence-corrected chi connectivity index (χ1v) is 4.92. The lowest BCUT2D eigenvalue weighted by Gasteiger charge is -2.27. The zero-order valence-corrected chi connectivity index (χ0v) is 8.39. The monoisotopic (exact) mass is 158 g/mol. The van der Waals surface area contributed by atoms with Gasteiger partial charge < -0.3 is 4.74 Å². The van der Waals surface area contributed by atoms with Crippen LogP contribution in [0.3, 0.4) is 0 Å². The lowest BCUT2D eigenvalue weighted by Crippen LogP contribution is -2.24. The summed E-state index contributed by atoms with van der Waals surface area (Å²) in [6.45, 7) is 10.5. The second-order valence-corrected chi connectivity index (χ2v) is 3.01. The maximum atomic E-state index is 5.31. The summed E-state index contributed by atoms with van der Waals surface area (Å²) in [5.41, 5.74) is 0.